The average molecular weight is 413 g/mol. The Morgan fingerprint density at radius 3 is 1.36 bits per heavy atom. The van der Waals surface area contributed by atoms with Crippen molar-refractivity contribution in [1.82, 2.24) is 3.93 Å². The van der Waals surface area contributed by atoms with Gasteiger partial charge in [0.25, 0.3) is 0 Å². The standard InChI is InChI=1S/C22H24BrNP/c1-24(23)18-11-19-25(20-12-5-2-6-13-20,21-14-7-3-8-15-21)22-16-9-4-10-17-22/h2-10,12-17H,11,18-19H2,1H3/q+1. The van der Waals surface area contributed by atoms with Crippen molar-refractivity contribution < 1.29 is 0 Å². The van der Waals surface area contributed by atoms with E-state index in [1.165, 1.54) is 22.1 Å². The molecule has 0 aliphatic rings. The van der Waals surface area contributed by atoms with Crippen LogP contribution in [0.2, 0.25) is 0 Å². The van der Waals surface area contributed by atoms with Gasteiger partial charge in [-0.2, -0.15) is 0 Å². The highest BCUT2D eigenvalue weighted by molar-refractivity contribution is 9.07. The Morgan fingerprint density at radius 2 is 1.04 bits per heavy atom. The molecule has 0 fully saturated rings. The molecule has 0 aliphatic heterocycles. The van der Waals surface area contributed by atoms with Crippen molar-refractivity contribution in [1.29, 1.82) is 0 Å². The lowest BCUT2D eigenvalue weighted by Gasteiger charge is -2.28. The largest absolute Gasteiger partial charge is 0.245 e. The molecule has 0 amide bonds. The van der Waals surface area contributed by atoms with Crippen LogP contribution < -0.4 is 15.9 Å². The first-order valence-corrected chi connectivity index (χ1v) is 11.3. The van der Waals surface area contributed by atoms with Crippen LogP contribution in [0, 0.1) is 0 Å². The van der Waals surface area contributed by atoms with Crippen LogP contribution >= 0.6 is 23.4 Å². The molecule has 1 nitrogen and oxygen atoms in total. The highest BCUT2D eigenvalue weighted by atomic mass is 79.9. The van der Waals surface area contributed by atoms with E-state index in [1.54, 1.807) is 0 Å². The van der Waals surface area contributed by atoms with Crippen molar-refractivity contribution in [3.63, 3.8) is 0 Å². The zero-order valence-electron chi connectivity index (χ0n) is 14.6. The highest BCUT2D eigenvalue weighted by Gasteiger charge is 2.44. The molecule has 0 bridgehead atoms. The third-order valence-corrected chi connectivity index (χ3v) is 9.43. The van der Waals surface area contributed by atoms with Gasteiger partial charge in [0.1, 0.15) is 23.2 Å². The van der Waals surface area contributed by atoms with Gasteiger partial charge in [-0.15, -0.1) is 0 Å². The average Bonchev–Trinajstić information content (AvgIpc) is 2.67. The summed E-state index contributed by atoms with van der Waals surface area (Å²) in [6.07, 6.45) is 2.31. The van der Waals surface area contributed by atoms with E-state index in [0.29, 0.717) is 0 Å². The number of hydrogen-bond donors (Lipinski definition) is 0. The molecule has 0 atom stereocenters. The molecule has 0 heterocycles. The van der Waals surface area contributed by atoms with Gasteiger partial charge < -0.3 is 0 Å². The molecule has 0 saturated heterocycles. The summed E-state index contributed by atoms with van der Waals surface area (Å²) in [7, 11) is 0.420. The Kier molecular flexibility index (Phi) is 6.42. The Bertz CT molecular complexity index is 663. The van der Waals surface area contributed by atoms with Gasteiger partial charge in [0, 0.05) is 22.7 Å². The fourth-order valence-corrected chi connectivity index (χ4v) is 7.99. The second-order valence-corrected chi connectivity index (χ2v) is 11.0. The third-order valence-electron chi connectivity index (χ3n) is 4.55. The normalized spacial score (nSPS) is 11.6. The van der Waals surface area contributed by atoms with E-state index < -0.39 is 7.26 Å². The summed E-state index contributed by atoms with van der Waals surface area (Å²) >= 11 is 3.56. The van der Waals surface area contributed by atoms with Gasteiger partial charge in [-0.1, -0.05) is 54.6 Å². The van der Waals surface area contributed by atoms with Crippen molar-refractivity contribution in [2.24, 2.45) is 0 Å². The predicted octanol–water partition coefficient (Wildman–Crippen LogP) is 4.61. The molecular weight excluding hydrogens is 389 g/mol. The van der Waals surface area contributed by atoms with Gasteiger partial charge in [0.15, 0.2) is 0 Å². The molecular formula is C22H24BrNP+. The van der Waals surface area contributed by atoms with Crippen LogP contribution in [0.15, 0.2) is 91.0 Å². The first-order chi connectivity index (χ1) is 12.2. The van der Waals surface area contributed by atoms with Crippen LogP contribution in [0.5, 0.6) is 0 Å². The number of hydrogen-bond acceptors (Lipinski definition) is 1. The molecule has 0 spiro atoms. The van der Waals surface area contributed by atoms with Crippen molar-refractivity contribution in [3.8, 4) is 0 Å². The molecule has 3 aromatic carbocycles. The van der Waals surface area contributed by atoms with Gasteiger partial charge in [-0.25, -0.2) is 3.93 Å². The summed E-state index contributed by atoms with van der Waals surface area (Å²) in [5.74, 6) is 0. The van der Waals surface area contributed by atoms with Crippen LogP contribution in [0.4, 0.5) is 0 Å². The van der Waals surface area contributed by atoms with Crippen LogP contribution in [0.3, 0.4) is 0 Å². The maximum absolute atomic E-state index is 3.56. The van der Waals surface area contributed by atoms with Gasteiger partial charge in [-0.3, -0.25) is 0 Å². The third kappa shape index (κ3) is 4.20. The molecule has 0 aromatic heterocycles. The monoisotopic (exact) mass is 412 g/mol. The second-order valence-electron chi connectivity index (χ2n) is 6.22. The van der Waals surface area contributed by atoms with E-state index in [4.69, 9.17) is 0 Å². The molecule has 3 aromatic rings. The minimum Gasteiger partial charge on any atom is -0.245 e. The zero-order valence-corrected chi connectivity index (χ0v) is 17.0. The van der Waals surface area contributed by atoms with Crippen LogP contribution in [0.1, 0.15) is 6.42 Å². The van der Waals surface area contributed by atoms with E-state index in [-0.39, 0.29) is 0 Å². The zero-order chi connectivity index (χ0) is 17.5. The molecule has 0 radical (unpaired) electrons. The van der Waals surface area contributed by atoms with Gasteiger partial charge >= 0.3 is 0 Å². The van der Waals surface area contributed by atoms with Crippen LogP contribution in [-0.4, -0.2) is 23.7 Å². The quantitative estimate of drug-likeness (QED) is 0.404. The Morgan fingerprint density at radius 1 is 0.680 bits per heavy atom. The second kappa shape index (κ2) is 8.76. The number of benzene rings is 3. The van der Waals surface area contributed by atoms with Crippen molar-refractivity contribution in [2.45, 2.75) is 6.42 Å². The maximum atomic E-state index is 3.56. The molecule has 3 heteroatoms. The first-order valence-electron chi connectivity index (χ1n) is 8.65. The maximum Gasteiger partial charge on any atom is 0.112 e. The predicted molar refractivity (Wildman–Crippen MR) is 116 cm³/mol. The SMILES string of the molecule is CN(Br)CCC[P+](c1ccccc1)(c1ccccc1)c1ccccc1. The number of halogens is 1. The van der Waals surface area contributed by atoms with Crippen LogP contribution in [0.25, 0.3) is 0 Å². The van der Waals surface area contributed by atoms with E-state index in [0.717, 1.165) is 13.0 Å². The molecule has 0 unspecified atom stereocenters. The molecule has 0 saturated carbocycles. The summed E-state index contributed by atoms with van der Waals surface area (Å²) in [5, 5.41) is 4.39. The molecule has 25 heavy (non-hydrogen) atoms. The highest BCUT2D eigenvalue weighted by Crippen LogP contribution is 2.55. The summed E-state index contributed by atoms with van der Waals surface area (Å²) in [5.41, 5.74) is 0. The van der Waals surface area contributed by atoms with E-state index in [9.17, 15) is 0 Å². The molecule has 3 rings (SSSR count). The lowest BCUT2D eigenvalue weighted by molar-refractivity contribution is 0.580. The van der Waals surface area contributed by atoms with Gasteiger partial charge in [0.05, 0.1) is 6.16 Å². The summed E-state index contributed by atoms with van der Waals surface area (Å²) in [4.78, 5) is 0. The fraction of sp³-hybridized carbons (Fsp3) is 0.182. The van der Waals surface area contributed by atoms with Gasteiger partial charge in [-0.05, 0) is 49.9 Å². The van der Waals surface area contributed by atoms with Gasteiger partial charge in [0.2, 0.25) is 0 Å². The molecule has 0 N–H and O–H groups in total. The van der Waals surface area contributed by atoms with E-state index >= 15 is 0 Å². The molecule has 0 aliphatic carbocycles. The number of rotatable bonds is 7. The van der Waals surface area contributed by atoms with E-state index in [2.05, 4.69) is 118 Å². The number of nitrogens with zero attached hydrogens (tertiary/aromatic N) is 1. The summed E-state index contributed by atoms with van der Waals surface area (Å²) in [6.45, 7) is 1.04. The Hall–Kier alpha value is -1.47. The smallest absolute Gasteiger partial charge is 0.112 e. The minimum absolute atomic E-state index is 1.04. The Balaban J connectivity index is 2.16. The lowest BCUT2D eigenvalue weighted by atomic mass is 10.3. The van der Waals surface area contributed by atoms with Crippen LogP contribution in [-0.2, 0) is 0 Å². The first kappa shape index (κ1) is 18.3. The van der Waals surface area contributed by atoms with Crippen molar-refractivity contribution in [2.75, 3.05) is 19.8 Å². The van der Waals surface area contributed by atoms with E-state index in [1.807, 2.05) is 0 Å². The summed E-state index contributed by atoms with van der Waals surface area (Å²) in [6, 6.07) is 33.2. The fourth-order valence-electron chi connectivity index (χ4n) is 3.41. The molecule has 128 valence electrons. The lowest BCUT2D eigenvalue weighted by Crippen LogP contribution is -2.34. The Labute approximate surface area is 160 Å². The minimum atomic E-state index is -1.66. The summed E-state index contributed by atoms with van der Waals surface area (Å²) < 4.78 is 2.10. The van der Waals surface area contributed by atoms with Crippen molar-refractivity contribution >= 4 is 39.3 Å². The topological polar surface area (TPSA) is 3.24 Å². The van der Waals surface area contributed by atoms with Crippen molar-refractivity contribution in [3.05, 3.63) is 91.0 Å².